The highest BCUT2D eigenvalue weighted by Gasteiger charge is 2.45. The van der Waals surface area contributed by atoms with Crippen LogP contribution in [-0.2, 0) is 4.74 Å². The summed E-state index contributed by atoms with van der Waals surface area (Å²) < 4.78 is 11.6. The van der Waals surface area contributed by atoms with Crippen LogP contribution in [0.4, 0.5) is 0 Å². The minimum absolute atomic E-state index is 0.104. The molecule has 0 bridgehead atoms. The lowest BCUT2D eigenvalue weighted by Gasteiger charge is -2.38. The van der Waals surface area contributed by atoms with Crippen molar-refractivity contribution in [3.8, 4) is 11.8 Å². The molecule has 1 spiro atoms. The molecule has 2 saturated heterocycles. The van der Waals surface area contributed by atoms with Gasteiger partial charge < -0.3 is 19.8 Å². The van der Waals surface area contributed by atoms with Crippen LogP contribution in [0.5, 0.6) is 0 Å². The number of furan rings is 1. The number of rotatable bonds is 3. The van der Waals surface area contributed by atoms with E-state index in [0.717, 1.165) is 35.1 Å². The summed E-state index contributed by atoms with van der Waals surface area (Å²) in [5, 5.41) is 0. The summed E-state index contributed by atoms with van der Waals surface area (Å²) in [7, 11) is 0. The SMILES string of the molecule is C=C1OCC2(CCN(C(=O)c3ccc(C#Cc4ccccc4C)o3)CC2)/C1=C/C(=C\C)CN. The average molecular weight is 443 g/mol. The van der Waals surface area contributed by atoms with Gasteiger partial charge in [-0.15, -0.1) is 0 Å². The van der Waals surface area contributed by atoms with E-state index in [1.807, 2.05) is 49.1 Å². The Morgan fingerprint density at radius 2 is 1.97 bits per heavy atom. The third-order valence-corrected chi connectivity index (χ3v) is 6.62. The van der Waals surface area contributed by atoms with Gasteiger partial charge >= 0.3 is 0 Å². The molecule has 0 unspecified atom stereocenters. The van der Waals surface area contributed by atoms with E-state index in [2.05, 4.69) is 24.5 Å². The molecule has 1 aromatic heterocycles. The summed E-state index contributed by atoms with van der Waals surface area (Å²) in [6.07, 6.45) is 5.75. The van der Waals surface area contributed by atoms with Crippen molar-refractivity contribution < 1.29 is 13.9 Å². The third kappa shape index (κ3) is 4.67. The maximum absolute atomic E-state index is 13.1. The fourth-order valence-electron chi connectivity index (χ4n) is 4.43. The molecule has 2 aliphatic rings. The van der Waals surface area contributed by atoms with E-state index in [0.29, 0.717) is 43.5 Å². The van der Waals surface area contributed by atoms with Crippen molar-refractivity contribution in [3.05, 3.63) is 94.7 Å². The van der Waals surface area contributed by atoms with Crippen molar-refractivity contribution in [1.29, 1.82) is 0 Å². The minimum Gasteiger partial charge on any atom is -0.493 e. The zero-order chi connectivity index (χ0) is 23.4. The van der Waals surface area contributed by atoms with Gasteiger partial charge in [0.05, 0.1) is 6.61 Å². The summed E-state index contributed by atoms with van der Waals surface area (Å²) in [5.74, 6) is 7.56. The molecular weight excluding hydrogens is 412 g/mol. The van der Waals surface area contributed by atoms with Gasteiger partial charge in [0.2, 0.25) is 0 Å². The number of amides is 1. The van der Waals surface area contributed by atoms with Crippen LogP contribution in [0, 0.1) is 24.2 Å². The van der Waals surface area contributed by atoms with Crippen molar-refractivity contribution >= 4 is 5.91 Å². The average Bonchev–Trinajstić information content (AvgIpc) is 3.42. The fraction of sp³-hybridized carbons (Fsp3) is 0.321. The molecule has 170 valence electrons. The zero-order valence-corrected chi connectivity index (χ0v) is 19.3. The lowest BCUT2D eigenvalue weighted by molar-refractivity contribution is 0.0555. The number of carbonyl (C=O) groups is 1. The summed E-state index contributed by atoms with van der Waals surface area (Å²) in [6.45, 7) is 10.4. The second-order valence-corrected chi connectivity index (χ2v) is 8.64. The predicted octanol–water partition coefficient (Wildman–Crippen LogP) is 4.59. The molecule has 1 aromatic carbocycles. The number of carbonyl (C=O) groups excluding carboxylic acids is 1. The molecule has 2 fully saturated rings. The van der Waals surface area contributed by atoms with Crippen molar-refractivity contribution in [1.82, 2.24) is 4.90 Å². The molecule has 0 atom stereocenters. The molecular formula is C28H30N2O3. The van der Waals surface area contributed by atoms with Crippen molar-refractivity contribution in [2.75, 3.05) is 26.2 Å². The fourth-order valence-corrected chi connectivity index (χ4v) is 4.43. The molecule has 0 radical (unpaired) electrons. The van der Waals surface area contributed by atoms with Crippen LogP contribution >= 0.6 is 0 Å². The molecule has 3 heterocycles. The Morgan fingerprint density at radius 1 is 1.21 bits per heavy atom. The maximum atomic E-state index is 13.1. The first-order valence-corrected chi connectivity index (χ1v) is 11.3. The van der Waals surface area contributed by atoms with E-state index in [1.54, 1.807) is 12.1 Å². The van der Waals surface area contributed by atoms with E-state index in [-0.39, 0.29) is 11.3 Å². The van der Waals surface area contributed by atoms with Crippen LogP contribution in [0.3, 0.4) is 0 Å². The van der Waals surface area contributed by atoms with Gasteiger partial charge in [-0.2, -0.15) is 0 Å². The highest BCUT2D eigenvalue weighted by atomic mass is 16.5. The first kappa shape index (κ1) is 22.7. The standard InChI is InChI=1S/C28H30N2O3/c1-4-22(18-29)17-25-21(3)32-19-28(25)13-15-30(16-14-28)27(31)26-12-11-24(33-26)10-9-23-8-6-5-7-20(23)2/h4-8,11-12,17H,3,13-16,18-19,29H2,1-2H3/b22-4+,25-17+. The molecule has 0 aliphatic carbocycles. The number of allylic oxidation sites excluding steroid dienone is 2. The molecule has 2 aliphatic heterocycles. The summed E-state index contributed by atoms with van der Waals surface area (Å²) in [5.41, 5.74) is 9.96. The Kier molecular flexibility index (Phi) is 6.57. The van der Waals surface area contributed by atoms with Gasteiger partial charge in [0.25, 0.3) is 5.91 Å². The van der Waals surface area contributed by atoms with Crippen molar-refractivity contribution in [2.24, 2.45) is 11.1 Å². The minimum atomic E-state index is -0.120. The quantitative estimate of drug-likeness (QED) is 0.706. The Hall–Kier alpha value is -3.49. The number of hydrogen-bond acceptors (Lipinski definition) is 4. The molecule has 5 heteroatoms. The smallest absolute Gasteiger partial charge is 0.289 e. The number of benzene rings is 1. The van der Waals surface area contributed by atoms with Crippen LogP contribution in [0.1, 0.15) is 47.2 Å². The second kappa shape index (κ2) is 9.56. The first-order valence-electron chi connectivity index (χ1n) is 11.3. The number of hydrogen-bond donors (Lipinski definition) is 1. The van der Waals surface area contributed by atoms with E-state index < -0.39 is 0 Å². The second-order valence-electron chi connectivity index (χ2n) is 8.64. The van der Waals surface area contributed by atoms with Crippen LogP contribution in [-0.4, -0.2) is 37.0 Å². The van der Waals surface area contributed by atoms with Crippen LogP contribution in [0.15, 0.2) is 76.5 Å². The zero-order valence-electron chi connectivity index (χ0n) is 19.3. The Bertz CT molecular complexity index is 1180. The largest absolute Gasteiger partial charge is 0.493 e. The van der Waals surface area contributed by atoms with Gasteiger partial charge in [0.1, 0.15) is 5.76 Å². The van der Waals surface area contributed by atoms with Gasteiger partial charge in [-0.3, -0.25) is 4.79 Å². The molecule has 4 rings (SSSR count). The highest BCUT2D eigenvalue weighted by Crippen LogP contribution is 2.48. The maximum Gasteiger partial charge on any atom is 0.289 e. The number of nitrogens with zero attached hydrogens (tertiary/aromatic N) is 1. The van der Waals surface area contributed by atoms with Gasteiger partial charge in [0, 0.05) is 36.2 Å². The molecule has 5 nitrogen and oxygen atoms in total. The molecule has 0 saturated carbocycles. The molecule has 33 heavy (non-hydrogen) atoms. The number of piperidine rings is 1. The third-order valence-electron chi connectivity index (χ3n) is 6.62. The molecule has 1 amide bonds. The molecule has 2 N–H and O–H groups in total. The van der Waals surface area contributed by atoms with E-state index in [9.17, 15) is 4.79 Å². The lowest BCUT2D eigenvalue weighted by atomic mass is 9.73. The first-order chi connectivity index (χ1) is 16.0. The Labute approximate surface area is 195 Å². The number of likely N-dealkylation sites (tertiary alicyclic amines) is 1. The highest BCUT2D eigenvalue weighted by molar-refractivity contribution is 5.91. The Morgan fingerprint density at radius 3 is 2.67 bits per heavy atom. The number of aryl methyl sites for hydroxylation is 1. The predicted molar refractivity (Wildman–Crippen MR) is 129 cm³/mol. The number of nitrogens with two attached hydrogens (primary N) is 1. The Balaban J connectivity index is 1.44. The summed E-state index contributed by atoms with van der Waals surface area (Å²) >= 11 is 0. The topological polar surface area (TPSA) is 68.7 Å². The van der Waals surface area contributed by atoms with E-state index in [4.69, 9.17) is 14.9 Å². The summed E-state index contributed by atoms with van der Waals surface area (Å²) in [4.78, 5) is 14.9. The van der Waals surface area contributed by atoms with Gasteiger partial charge in [-0.25, -0.2) is 0 Å². The number of ether oxygens (including phenoxy) is 1. The van der Waals surface area contributed by atoms with Crippen LogP contribution in [0.2, 0.25) is 0 Å². The molecule has 2 aromatic rings. The van der Waals surface area contributed by atoms with Gasteiger partial charge in [0.15, 0.2) is 11.5 Å². The van der Waals surface area contributed by atoms with Gasteiger partial charge in [-0.1, -0.05) is 42.9 Å². The van der Waals surface area contributed by atoms with Crippen molar-refractivity contribution in [3.63, 3.8) is 0 Å². The van der Waals surface area contributed by atoms with E-state index in [1.165, 1.54) is 0 Å². The van der Waals surface area contributed by atoms with E-state index >= 15 is 0 Å². The van der Waals surface area contributed by atoms with Gasteiger partial charge in [-0.05, 0) is 61.9 Å². The van der Waals surface area contributed by atoms with Crippen LogP contribution in [0.25, 0.3) is 0 Å². The van der Waals surface area contributed by atoms with Crippen LogP contribution < -0.4 is 5.73 Å². The van der Waals surface area contributed by atoms with Crippen molar-refractivity contribution in [2.45, 2.75) is 26.7 Å². The lowest BCUT2D eigenvalue weighted by Crippen LogP contribution is -2.44. The summed E-state index contributed by atoms with van der Waals surface area (Å²) in [6, 6.07) is 11.4. The normalized spacial score (nSPS) is 18.9. The monoisotopic (exact) mass is 442 g/mol.